The standard InChI is InChI=1S/C12H17NO2S.ClH/c1-2-10-5-3-4-6-11(10)16(14,15)9-12(13)7-8-12;/h3-6H,2,7-9,13H2,1H3;1H. The lowest BCUT2D eigenvalue weighted by Crippen LogP contribution is -2.32. The molecule has 1 aromatic carbocycles. The Labute approximate surface area is 109 Å². The van der Waals surface area contributed by atoms with E-state index in [2.05, 4.69) is 0 Å². The molecule has 3 nitrogen and oxygen atoms in total. The van der Waals surface area contributed by atoms with Gasteiger partial charge in [-0.2, -0.15) is 0 Å². The lowest BCUT2D eigenvalue weighted by atomic mass is 10.2. The van der Waals surface area contributed by atoms with Gasteiger partial charge in [-0.1, -0.05) is 25.1 Å². The second kappa shape index (κ2) is 4.96. The van der Waals surface area contributed by atoms with Gasteiger partial charge in [-0.15, -0.1) is 12.4 Å². The van der Waals surface area contributed by atoms with Crippen LogP contribution in [0, 0.1) is 0 Å². The van der Waals surface area contributed by atoms with Crippen molar-refractivity contribution in [3.63, 3.8) is 0 Å². The maximum atomic E-state index is 12.2. The van der Waals surface area contributed by atoms with Crippen LogP contribution in [0.5, 0.6) is 0 Å². The third kappa shape index (κ3) is 3.21. The van der Waals surface area contributed by atoms with E-state index < -0.39 is 15.4 Å². The van der Waals surface area contributed by atoms with E-state index in [9.17, 15) is 8.42 Å². The molecular weight excluding hydrogens is 258 g/mol. The van der Waals surface area contributed by atoms with E-state index in [0.717, 1.165) is 24.8 Å². The zero-order valence-corrected chi connectivity index (χ0v) is 11.5. The molecule has 2 rings (SSSR count). The van der Waals surface area contributed by atoms with Gasteiger partial charge in [-0.3, -0.25) is 0 Å². The first-order chi connectivity index (χ1) is 7.47. The first-order valence-corrected chi connectivity index (χ1v) is 7.22. The van der Waals surface area contributed by atoms with Crippen molar-refractivity contribution in [2.75, 3.05) is 5.75 Å². The Hall–Kier alpha value is -0.580. The number of benzene rings is 1. The van der Waals surface area contributed by atoms with E-state index in [-0.39, 0.29) is 18.2 Å². The Morgan fingerprint density at radius 1 is 1.29 bits per heavy atom. The van der Waals surface area contributed by atoms with E-state index in [0.29, 0.717) is 4.90 Å². The zero-order chi connectivity index (χ0) is 11.8. The zero-order valence-electron chi connectivity index (χ0n) is 9.85. The van der Waals surface area contributed by atoms with Crippen molar-refractivity contribution >= 4 is 22.2 Å². The summed E-state index contributed by atoms with van der Waals surface area (Å²) in [5.41, 5.74) is 6.31. The molecule has 0 radical (unpaired) electrons. The number of aryl methyl sites for hydroxylation is 1. The fraction of sp³-hybridized carbons (Fsp3) is 0.500. The maximum Gasteiger partial charge on any atom is 0.180 e. The molecule has 0 saturated heterocycles. The lowest BCUT2D eigenvalue weighted by molar-refractivity contribution is 0.584. The molecule has 1 fully saturated rings. The van der Waals surface area contributed by atoms with E-state index >= 15 is 0 Å². The minimum absolute atomic E-state index is 0. The molecule has 1 aliphatic carbocycles. The fourth-order valence-corrected chi connectivity index (χ4v) is 3.96. The fourth-order valence-electron chi connectivity index (χ4n) is 1.86. The SMILES string of the molecule is CCc1ccccc1S(=O)(=O)CC1(N)CC1.Cl. The molecule has 17 heavy (non-hydrogen) atoms. The van der Waals surface area contributed by atoms with Gasteiger partial charge in [0.1, 0.15) is 0 Å². The third-order valence-electron chi connectivity index (χ3n) is 3.06. The summed E-state index contributed by atoms with van der Waals surface area (Å²) in [5, 5.41) is 0. The highest BCUT2D eigenvalue weighted by Crippen LogP contribution is 2.35. The number of hydrogen-bond donors (Lipinski definition) is 1. The summed E-state index contributed by atoms with van der Waals surface area (Å²) in [4.78, 5) is 0.453. The van der Waals surface area contributed by atoms with Gasteiger partial charge >= 0.3 is 0 Å². The Bertz CT molecular complexity index is 495. The average Bonchev–Trinajstić information content (AvgIpc) is 2.95. The molecule has 0 bridgehead atoms. The Kier molecular flexibility index (Phi) is 4.23. The minimum Gasteiger partial charge on any atom is -0.324 e. The van der Waals surface area contributed by atoms with Crippen molar-refractivity contribution in [3.8, 4) is 0 Å². The summed E-state index contributed by atoms with van der Waals surface area (Å²) < 4.78 is 24.4. The van der Waals surface area contributed by atoms with Crippen LogP contribution in [0.25, 0.3) is 0 Å². The van der Waals surface area contributed by atoms with Crippen LogP contribution in [0.4, 0.5) is 0 Å². The summed E-state index contributed by atoms with van der Waals surface area (Å²) >= 11 is 0. The number of rotatable bonds is 4. The number of nitrogens with two attached hydrogens (primary N) is 1. The van der Waals surface area contributed by atoms with Crippen molar-refractivity contribution in [1.82, 2.24) is 0 Å². The molecule has 5 heteroatoms. The predicted octanol–water partition coefficient (Wildman–Crippen LogP) is 1.94. The van der Waals surface area contributed by atoms with Gasteiger partial charge in [0.05, 0.1) is 10.6 Å². The number of hydrogen-bond acceptors (Lipinski definition) is 3. The van der Waals surface area contributed by atoms with Crippen LogP contribution in [-0.2, 0) is 16.3 Å². The van der Waals surface area contributed by atoms with Crippen molar-refractivity contribution in [2.24, 2.45) is 5.73 Å². The molecule has 0 atom stereocenters. The summed E-state index contributed by atoms with van der Waals surface area (Å²) in [6.45, 7) is 1.96. The second-order valence-electron chi connectivity index (χ2n) is 4.58. The molecule has 0 heterocycles. The van der Waals surface area contributed by atoms with E-state index in [1.54, 1.807) is 12.1 Å². The van der Waals surface area contributed by atoms with Crippen LogP contribution in [-0.4, -0.2) is 19.7 Å². The maximum absolute atomic E-state index is 12.2. The molecule has 0 spiro atoms. The van der Waals surface area contributed by atoms with Gasteiger partial charge in [-0.25, -0.2) is 8.42 Å². The average molecular weight is 276 g/mol. The molecule has 1 aliphatic rings. The van der Waals surface area contributed by atoms with Gasteiger partial charge in [0.2, 0.25) is 0 Å². The van der Waals surface area contributed by atoms with Crippen molar-refractivity contribution in [2.45, 2.75) is 36.6 Å². The first kappa shape index (κ1) is 14.5. The Morgan fingerprint density at radius 3 is 2.41 bits per heavy atom. The third-order valence-corrected chi connectivity index (χ3v) is 5.08. The smallest absolute Gasteiger partial charge is 0.180 e. The minimum atomic E-state index is -3.22. The molecular formula is C12H18ClNO2S. The van der Waals surface area contributed by atoms with Gasteiger partial charge < -0.3 is 5.73 Å². The normalized spacial score (nSPS) is 17.3. The molecule has 0 unspecified atom stereocenters. The van der Waals surface area contributed by atoms with Gasteiger partial charge in [-0.05, 0) is 30.9 Å². The van der Waals surface area contributed by atoms with Crippen LogP contribution < -0.4 is 5.73 Å². The van der Waals surface area contributed by atoms with Crippen LogP contribution in [0.1, 0.15) is 25.3 Å². The predicted molar refractivity (Wildman–Crippen MR) is 71.3 cm³/mol. The second-order valence-corrected chi connectivity index (χ2v) is 6.54. The highest BCUT2D eigenvalue weighted by atomic mass is 35.5. The lowest BCUT2D eigenvalue weighted by Gasteiger charge is -2.12. The van der Waals surface area contributed by atoms with E-state index in [1.807, 2.05) is 19.1 Å². The van der Waals surface area contributed by atoms with Crippen LogP contribution in [0.2, 0.25) is 0 Å². The first-order valence-electron chi connectivity index (χ1n) is 5.56. The largest absolute Gasteiger partial charge is 0.324 e. The van der Waals surface area contributed by atoms with Crippen LogP contribution >= 0.6 is 12.4 Å². The highest BCUT2D eigenvalue weighted by molar-refractivity contribution is 7.91. The summed E-state index contributed by atoms with van der Waals surface area (Å²) in [5.74, 6) is 0.0804. The quantitative estimate of drug-likeness (QED) is 0.913. The molecule has 1 aromatic rings. The highest BCUT2D eigenvalue weighted by Gasteiger charge is 2.42. The van der Waals surface area contributed by atoms with Crippen LogP contribution in [0.15, 0.2) is 29.2 Å². The van der Waals surface area contributed by atoms with Crippen LogP contribution in [0.3, 0.4) is 0 Å². The van der Waals surface area contributed by atoms with Crippen molar-refractivity contribution < 1.29 is 8.42 Å². The van der Waals surface area contributed by atoms with Gasteiger partial charge in [0, 0.05) is 5.54 Å². The summed E-state index contributed by atoms with van der Waals surface area (Å²) in [6, 6.07) is 7.18. The molecule has 0 amide bonds. The number of halogens is 1. The molecule has 1 saturated carbocycles. The number of sulfone groups is 1. The molecule has 2 N–H and O–H groups in total. The van der Waals surface area contributed by atoms with Crippen molar-refractivity contribution in [3.05, 3.63) is 29.8 Å². The molecule has 96 valence electrons. The van der Waals surface area contributed by atoms with E-state index in [1.165, 1.54) is 0 Å². The monoisotopic (exact) mass is 275 g/mol. The Balaban J connectivity index is 0.00000144. The molecule has 0 aliphatic heterocycles. The van der Waals surface area contributed by atoms with E-state index in [4.69, 9.17) is 5.73 Å². The van der Waals surface area contributed by atoms with Crippen molar-refractivity contribution in [1.29, 1.82) is 0 Å². The summed E-state index contributed by atoms with van der Waals surface area (Å²) in [7, 11) is -3.22. The Morgan fingerprint density at radius 2 is 1.88 bits per heavy atom. The molecule has 0 aromatic heterocycles. The summed E-state index contributed by atoms with van der Waals surface area (Å²) in [6.07, 6.45) is 2.37. The van der Waals surface area contributed by atoms with Gasteiger partial charge in [0.25, 0.3) is 0 Å². The topological polar surface area (TPSA) is 60.2 Å². The van der Waals surface area contributed by atoms with Gasteiger partial charge in [0.15, 0.2) is 9.84 Å².